The number of alkyl carbamates (subject to hydrolysis) is 1. The Hall–Kier alpha value is -4.56. The van der Waals surface area contributed by atoms with Crippen molar-refractivity contribution >= 4 is 38.1 Å². The molecule has 0 aliphatic heterocycles. The minimum Gasteiger partial charge on any atom is -0.480 e. The molecule has 0 saturated carbocycles. The highest BCUT2D eigenvalue weighted by Crippen LogP contribution is 2.23. The molecular formula is C27H29F3N4O10S2. The van der Waals surface area contributed by atoms with E-state index in [4.69, 9.17) is 25.5 Å². The normalized spacial score (nSPS) is 12.3. The molecule has 0 bridgehead atoms. The van der Waals surface area contributed by atoms with E-state index in [1.165, 1.54) is 36.4 Å². The van der Waals surface area contributed by atoms with Crippen molar-refractivity contribution in [3.05, 3.63) is 84.4 Å². The van der Waals surface area contributed by atoms with Gasteiger partial charge in [-0.05, 0) is 41.0 Å². The lowest BCUT2D eigenvalue weighted by atomic mass is 10.1. The number of sulfonamides is 2. The van der Waals surface area contributed by atoms with Gasteiger partial charge in [-0.3, -0.25) is 4.79 Å². The van der Waals surface area contributed by atoms with Gasteiger partial charge in [0.1, 0.15) is 12.6 Å². The molecule has 0 aliphatic rings. The van der Waals surface area contributed by atoms with Crippen molar-refractivity contribution < 1.29 is 59.3 Å². The first-order chi connectivity index (χ1) is 21.5. The average Bonchev–Trinajstić information content (AvgIpc) is 3.01. The van der Waals surface area contributed by atoms with Crippen LogP contribution in [0, 0.1) is 0 Å². The highest BCUT2D eigenvalue weighted by molar-refractivity contribution is 7.89. The molecule has 19 heteroatoms. The summed E-state index contributed by atoms with van der Waals surface area (Å²) in [6.07, 6.45) is -5.75. The van der Waals surface area contributed by atoms with E-state index < -0.39 is 56.8 Å². The molecule has 1 amide bonds. The highest BCUT2D eigenvalue weighted by atomic mass is 32.2. The van der Waals surface area contributed by atoms with Crippen LogP contribution in [-0.2, 0) is 41.0 Å². The fraction of sp³-hybridized carbons (Fsp3) is 0.222. The summed E-state index contributed by atoms with van der Waals surface area (Å²) in [5.74, 6) is -4.15. The third-order valence-corrected chi connectivity index (χ3v) is 8.60. The second-order valence-corrected chi connectivity index (χ2v) is 12.5. The van der Waals surface area contributed by atoms with Crippen molar-refractivity contribution in [3.8, 4) is 11.1 Å². The number of rotatable bonds is 13. The molecule has 0 aromatic heterocycles. The molecule has 0 heterocycles. The van der Waals surface area contributed by atoms with Crippen LogP contribution in [0.4, 0.5) is 18.0 Å². The van der Waals surface area contributed by atoms with Crippen molar-refractivity contribution in [3.63, 3.8) is 0 Å². The number of nitrogens with one attached hydrogen (secondary N) is 3. The van der Waals surface area contributed by atoms with Crippen LogP contribution >= 0.6 is 0 Å². The van der Waals surface area contributed by atoms with Gasteiger partial charge >= 0.3 is 24.2 Å². The number of aliphatic carboxylic acids is 2. The Balaban J connectivity index is 0.000000942. The average molecular weight is 691 g/mol. The van der Waals surface area contributed by atoms with Gasteiger partial charge in [0.25, 0.3) is 0 Å². The number of amides is 1. The summed E-state index contributed by atoms with van der Waals surface area (Å²) in [4.78, 5) is 31.6. The first-order valence-electron chi connectivity index (χ1n) is 12.9. The van der Waals surface area contributed by atoms with Crippen LogP contribution in [0.5, 0.6) is 0 Å². The van der Waals surface area contributed by atoms with Gasteiger partial charge in [0.05, 0.1) is 9.79 Å². The SMILES string of the molecule is NC[C@H](NS(=O)(=O)c1ccc(-c2ccc(S(=O)(=O)NCCNC(=O)OCc3ccccc3)cc2)cc1)C(=O)O.O=C(O)C(F)(F)F. The molecule has 0 spiro atoms. The number of benzene rings is 3. The molecule has 0 unspecified atom stereocenters. The van der Waals surface area contributed by atoms with Gasteiger partial charge in [0, 0.05) is 19.6 Å². The van der Waals surface area contributed by atoms with Gasteiger partial charge in [0.2, 0.25) is 20.0 Å². The van der Waals surface area contributed by atoms with Crippen molar-refractivity contribution in [2.75, 3.05) is 19.6 Å². The topological polar surface area (TPSA) is 231 Å². The van der Waals surface area contributed by atoms with Crippen LogP contribution in [-0.4, -0.2) is 76.9 Å². The van der Waals surface area contributed by atoms with Gasteiger partial charge in [-0.2, -0.15) is 17.9 Å². The number of carbonyl (C=O) groups is 3. The lowest BCUT2D eigenvalue weighted by Gasteiger charge is -2.13. The van der Waals surface area contributed by atoms with E-state index in [0.717, 1.165) is 5.56 Å². The Bertz CT molecular complexity index is 1690. The number of hydrogen-bond donors (Lipinski definition) is 6. The quantitative estimate of drug-likeness (QED) is 0.142. The minimum atomic E-state index is -5.08. The third-order valence-electron chi connectivity index (χ3n) is 5.64. The molecule has 7 N–H and O–H groups in total. The van der Waals surface area contributed by atoms with E-state index in [1.54, 1.807) is 12.1 Å². The number of hydrogen-bond acceptors (Lipinski definition) is 9. The molecule has 3 aromatic rings. The first-order valence-corrected chi connectivity index (χ1v) is 15.8. The second-order valence-electron chi connectivity index (χ2n) is 8.99. The molecule has 0 radical (unpaired) electrons. The smallest absolute Gasteiger partial charge is 0.480 e. The number of carbonyl (C=O) groups excluding carboxylic acids is 1. The monoisotopic (exact) mass is 690 g/mol. The van der Waals surface area contributed by atoms with Crippen LogP contribution in [0.25, 0.3) is 11.1 Å². The Morgan fingerprint density at radius 3 is 1.70 bits per heavy atom. The molecule has 250 valence electrons. The summed E-state index contributed by atoms with van der Waals surface area (Å²) in [7, 11) is -7.95. The van der Waals surface area contributed by atoms with Crippen LogP contribution in [0.15, 0.2) is 88.7 Å². The summed E-state index contributed by atoms with van der Waals surface area (Å²) in [5, 5.41) is 18.6. The van der Waals surface area contributed by atoms with Crippen LogP contribution < -0.4 is 20.5 Å². The summed E-state index contributed by atoms with van der Waals surface area (Å²) >= 11 is 0. The van der Waals surface area contributed by atoms with Gasteiger partial charge in [0.15, 0.2) is 0 Å². The minimum absolute atomic E-state index is 0.00259. The molecule has 14 nitrogen and oxygen atoms in total. The molecule has 1 atom stereocenters. The Labute approximate surface area is 261 Å². The molecule has 0 aliphatic carbocycles. The van der Waals surface area contributed by atoms with Crippen molar-refractivity contribution in [1.29, 1.82) is 0 Å². The number of carboxylic acids is 2. The van der Waals surface area contributed by atoms with E-state index in [1.807, 2.05) is 35.1 Å². The number of alkyl halides is 3. The number of ether oxygens (including phenoxy) is 1. The number of nitrogens with two attached hydrogens (primary N) is 1. The molecule has 0 fully saturated rings. The van der Waals surface area contributed by atoms with Crippen molar-refractivity contribution in [1.82, 2.24) is 14.8 Å². The fourth-order valence-corrected chi connectivity index (χ4v) is 5.55. The van der Waals surface area contributed by atoms with Crippen LogP contribution in [0.2, 0.25) is 0 Å². The molecule has 0 saturated heterocycles. The lowest BCUT2D eigenvalue weighted by Crippen LogP contribution is -2.45. The zero-order valence-electron chi connectivity index (χ0n) is 23.6. The molecular weight excluding hydrogens is 661 g/mol. The zero-order valence-corrected chi connectivity index (χ0v) is 25.2. The van der Waals surface area contributed by atoms with E-state index in [2.05, 4.69) is 10.0 Å². The van der Waals surface area contributed by atoms with Crippen molar-refractivity contribution in [2.45, 2.75) is 28.6 Å². The fourth-order valence-electron chi connectivity index (χ4n) is 3.32. The van der Waals surface area contributed by atoms with Crippen LogP contribution in [0.3, 0.4) is 0 Å². The van der Waals surface area contributed by atoms with Gasteiger partial charge in [-0.25, -0.2) is 31.1 Å². The molecule has 46 heavy (non-hydrogen) atoms. The summed E-state index contributed by atoms with van der Waals surface area (Å²) < 4.78 is 91.2. The van der Waals surface area contributed by atoms with E-state index in [9.17, 15) is 39.6 Å². The highest BCUT2D eigenvalue weighted by Gasteiger charge is 2.38. The zero-order chi connectivity index (χ0) is 34.5. The predicted molar refractivity (Wildman–Crippen MR) is 156 cm³/mol. The maximum absolute atomic E-state index is 12.6. The maximum Gasteiger partial charge on any atom is 0.490 e. The van der Waals surface area contributed by atoms with Crippen molar-refractivity contribution in [2.24, 2.45) is 5.73 Å². The van der Waals surface area contributed by atoms with E-state index >= 15 is 0 Å². The summed E-state index contributed by atoms with van der Waals surface area (Å²) in [6.45, 7) is -0.344. The largest absolute Gasteiger partial charge is 0.490 e. The summed E-state index contributed by atoms with van der Waals surface area (Å²) in [5.41, 5.74) is 7.36. The predicted octanol–water partition coefficient (Wildman–Crippen LogP) is 1.88. The maximum atomic E-state index is 12.6. The Morgan fingerprint density at radius 2 is 1.26 bits per heavy atom. The third kappa shape index (κ3) is 12.1. The van der Waals surface area contributed by atoms with E-state index in [-0.39, 0.29) is 29.5 Å². The molecule has 3 rings (SSSR count). The van der Waals surface area contributed by atoms with Crippen LogP contribution in [0.1, 0.15) is 5.56 Å². The first kappa shape index (κ1) is 37.6. The Kier molecular flexibility index (Phi) is 13.6. The van der Waals surface area contributed by atoms with Gasteiger partial charge in [-0.1, -0.05) is 54.6 Å². The number of halogens is 3. The second kappa shape index (κ2) is 16.7. The molecule has 3 aromatic carbocycles. The standard InChI is InChI=1S/C25H28N4O8S2.C2HF3O2/c26-16-23(24(30)31)29-39(35,36)22-12-8-20(9-13-22)19-6-10-21(11-7-19)38(33,34)28-15-14-27-25(32)37-17-18-4-2-1-3-5-18;3-2(4,5)1(6)7/h1-13,23,28-29H,14-17,26H2,(H,27,32)(H,30,31);(H,6,7)/t23-;/m0./s1. The summed E-state index contributed by atoms with van der Waals surface area (Å²) in [6, 6.07) is 19.2. The van der Waals surface area contributed by atoms with E-state index in [0.29, 0.717) is 11.1 Å². The van der Waals surface area contributed by atoms with Gasteiger partial charge < -0.3 is 26.0 Å². The van der Waals surface area contributed by atoms with Gasteiger partial charge in [-0.15, -0.1) is 0 Å². The number of carboxylic acid groups (broad SMARTS) is 2. The lowest BCUT2D eigenvalue weighted by molar-refractivity contribution is -0.192. The Morgan fingerprint density at radius 1 is 0.783 bits per heavy atom.